The van der Waals surface area contributed by atoms with Crippen molar-refractivity contribution in [2.75, 3.05) is 6.54 Å². The lowest BCUT2D eigenvalue weighted by atomic mass is 9.83. The zero-order chi connectivity index (χ0) is 35.9. The topological polar surface area (TPSA) is 169 Å². The summed E-state index contributed by atoms with van der Waals surface area (Å²) in [6.45, 7) is 4.09. The molecule has 0 unspecified atom stereocenters. The third-order valence-electron chi connectivity index (χ3n) is 8.99. The van der Waals surface area contributed by atoms with Crippen LogP contribution in [0.2, 0.25) is 0 Å². The zero-order valence-corrected chi connectivity index (χ0v) is 29.2. The van der Waals surface area contributed by atoms with E-state index in [2.05, 4.69) is 15.7 Å². The van der Waals surface area contributed by atoms with Gasteiger partial charge in [-0.1, -0.05) is 107 Å². The van der Waals surface area contributed by atoms with Crippen LogP contribution >= 0.6 is 0 Å². The summed E-state index contributed by atoms with van der Waals surface area (Å²) in [6, 6.07) is 16.4. The highest BCUT2D eigenvalue weighted by atomic mass is 16.6. The minimum Gasteiger partial charge on any atom is -0.444 e. The Morgan fingerprint density at radius 2 is 1.64 bits per heavy atom. The van der Waals surface area contributed by atoms with E-state index in [1.165, 1.54) is 10.9 Å². The summed E-state index contributed by atoms with van der Waals surface area (Å²) in [7, 11) is 0. The number of benzene rings is 2. The van der Waals surface area contributed by atoms with Gasteiger partial charge in [0.25, 0.3) is 0 Å². The van der Waals surface area contributed by atoms with E-state index in [0.717, 1.165) is 42.6 Å². The van der Waals surface area contributed by atoms with Gasteiger partial charge in [-0.2, -0.15) is 5.10 Å². The van der Waals surface area contributed by atoms with Crippen LogP contribution in [0.3, 0.4) is 0 Å². The fourth-order valence-corrected chi connectivity index (χ4v) is 6.26. The third-order valence-corrected chi connectivity index (χ3v) is 8.99. The average molecular weight is 689 g/mol. The number of aliphatic hydroxyl groups excluding tert-OH is 1. The number of carbonyl (C=O) groups excluding carboxylic acids is 4. The van der Waals surface area contributed by atoms with Crippen molar-refractivity contribution < 1.29 is 29.0 Å². The molecule has 50 heavy (non-hydrogen) atoms. The van der Waals surface area contributed by atoms with Gasteiger partial charge in [0.05, 0.1) is 31.2 Å². The van der Waals surface area contributed by atoms with Crippen molar-refractivity contribution >= 4 is 23.8 Å². The van der Waals surface area contributed by atoms with Gasteiger partial charge < -0.3 is 26.2 Å². The molecule has 4 rings (SSSR count). The molecule has 270 valence electrons. The van der Waals surface area contributed by atoms with Crippen molar-refractivity contribution in [2.45, 2.75) is 103 Å². The zero-order valence-electron chi connectivity index (χ0n) is 29.2. The average Bonchev–Trinajstić information content (AvgIpc) is 3.64. The van der Waals surface area contributed by atoms with E-state index in [4.69, 9.17) is 10.5 Å². The van der Waals surface area contributed by atoms with Gasteiger partial charge in [-0.05, 0) is 41.9 Å². The highest BCUT2D eigenvalue weighted by molar-refractivity contribution is 6.00. The number of nitrogens with one attached hydrogen (secondary N) is 2. The van der Waals surface area contributed by atoms with Crippen molar-refractivity contribution in [3.05, 3.63) is 90.3 Å². The molecule has 1 fully saturated rings. The molecule has 4 amide bonds. The van der Waals surface area contributed by atoms with Crippen LogP contribution in [-0.4, -0.2) is 74.4 Å². The molecule has 5 N–H and O–H groups in total. The molecule has 1 aliphatic carbocycles. The molecule has 12 nitrogen and oxygen atoms in total. The maximum absolute atomic E-state index is 14.4. The lowest BCUT2D eigenvalue weighted by Crippen LogP contribution is -2.60. The first-order valence-corrected chi connectivity index (χ1v) is 17.7. The predicted octanol–water partition coefficient (Wildman–Crippen LogP) is 3.97. The summed E-state index contributed by atoms with van der Waals surface area (Å²) in [5.74, 6) is -1.35. The summed E-state index contributed by atoms with van der Waals surface area (Å²) in [4.78, 5) is 56.1. The number of hydrogen-bond donors (Lipinski definition) is 4. The number of aromatic nitrogens is 2. The number of carbonyl (C=O) groups is 4. The normalized spacial score (nSPS) is 15.8. The Kier molecular flexibility index (Phi) is 15.0. The monoisotopic (exact) mass is 688 g/mol. The first-order valence-electron chi connectivity index (χ1n) is 17.7. The Hall–Kier alpha value is -4.55. The molecular weight excluding hydrogens is 636 g/mol. The number of rotatable bonds is 17. The SMILES string of the molecule is CC(C)CNC(=O)C[C@H](O)[C@H](CC1CCCCC1)NC(=O)[C@H](Cn1cccn1)N(C(=O)OCc1ccccc1)C(=O)[C@@H](N)Cc1ccccc1. The molecule has 1 aromatic heterocycles. The van der Waals surface area contributed by atoms with Crippen molar-refractivity contribution in [1.29, 1.82) is 0 Å². The summed E-state index contributed by atoms with van der Waals surface area (Å²) >= 11 is 0. The molecule has 4 atom stereocenters. The number of aliphatic hydroxyl groups is 1. The molecule has 0 spiro atoms. The fourth-order valence-electron chi connectivity index (χ4n) is 6.26. The fraction of sp³-hybridized carbons (Fsp3) is 0.500. The number of hydrogen-bond acceptors (Lipinski definition) is 8. The van der Waals surface area contributed by atoms with Crippen LogP contribution in [0.15, 0.2) is 79.1 Å². The minimum absolute atomic E-state index is 0.118. The van der Waals surface area contributed by atoms with Crippen LogP contribution in [0.5, 0.6) is 0 Å². The third kappa shape index (κ3) is 12.1. The molecule has 1 heterocycles. The van der Waals surface area contributed by atoms with Gasteiger partial charge in [0.2, 0.25) is 17.7 Å². The van der Waals surface area contributed by atoms with Crippen LogP contribution < -0.4 is 16.4 Å². The van der Waals surface area contributed by atoms with Crippen molar-refractivity contribution in [3.63, 3.8) is 0 Å². The van der Waals surface area contributed by atoms with E-state index in [9.17, 15) is 24.3 Å². The van der Waals surface area contributed by atoms with Gasteiger partial charge in [0, 0.05) is 18.9 Å². The van der Waals surface area contributed by atoms with E-state index in [1.54, 1.807) is 36.5 Å². The van der Waals surface area contributed by atoms with Gasteiger partial charge in [-0.25, -0.2) is 9.69 Å². The van der Waals surface area contributed by atoms with Gasteiger partial charge in [-0.3, -0.25) is 19.1 Å². The van der Waals surface area contributed by atoms with E-state index in [-0.39, 0.29) is 43.7 Å². The smallest absolute Gasteiger partial charge is 0.417 e. The van der Waals surface area contributed by atoms with Crippen LogP contribution in [0, 0.1) is 11.8 Å². The van der Waals surface area contributed by atoms with Crippen LogP contribution in [0.4, 0.5) is 4.79 Å². The second kappa shape index (κ2) is 19.6. The molecule has 1 aliphatic rings. The molecule has 12 heteroatoms. The number of amides is 4. The highest BCUT2D eigenvalue weighted by Gasteiger charge is 2.40. The van der Waals surface area contributed by atoms with Gasteiger partial charge in [0.15, 0.2) is 0 Å². The second-order valence-electron chi connectivity index (χ2n) is 13.6. The minimum atomic E-state index is -1.44. The van der Waals surface area contributed by atoms with E-state index < -0.39 is 42.1 Å². The number of nitrogens with two attached hydrogens (primary N) is 1. The largest absolute Gasteiger partial charge is 0.444 e. The highest BCUT2D eigenvalue weighted by Crippen LogP contribution is 2.28. The molecule has 2 aromatic carbocycles. The Balaban J connectivity index is 1.64. The van der Waals surface area contributed by atoms with Crippen molar-refractivity contribution in [3.8, 4) is 0 Å². The van der Waals surface area contributed by atoms with Crippen LogP contribution in [0.1, 0.15) is 69.9 Å². The lowest BCUT2D eigenvalue weighted by molar-refractivity contribution is -0.141. The van der Waals surface area contributed by atoms with E-state index >= 15 is 0 Å². The molecule has 0 aliphatic heterocycles. The predicted molar refractivity (Wildman–Crippen MR) is 189 cm³/mol. The van der Waals surface area contributed by atoms with E-state index in [0.29, 0.717) is 18.5 Å². The van der Waals surface area contributed by atoms with Crippen molar-refractivity contribution in [2.24, 2.45) is 17.6 Å². The Morgan fingerprint density at radius 1 is 0.980 bits per heavy atom. The Morgan fingerprint density at radius 3 is 2.26 bits per heavy atom. The number of nitrogens with zero attached hydrogens (tertiary/aromatic N) is 3. The lowest BCUT2D eigenvalue weighted by Gasteiger charge is -2.34. The number of ether oxygens (including phenoxy) is 1. The van der Waals surface area contributed by atoms with Gasteiger partial charge >= 0.3 is 6.09 Å². The quantitative estimate of drug-likeness (QED) is 0.165. The maximum atomic E-state index is 14.4. The molecule has 1 saturated carbocycles. The first-order chi connectivity index (χ1) is 24.1. The van der Waals surface area contributed by atoms with Gasteiger partial charge in [-0.15, -0.1) is 0 Å². The van der Waals surface area contributed by atoms with Gasteiger partial charge in [0.1, 0.15) is 12.6 Å². The summed E-state index contributed by atoms with van der Waals surface area (Å²) in [5, 5.41) is 21.4. The van der Waals surface area contributed by atoms with Crippen molar-refractivity contribution in [1.82, 2.24) is 25.3 Å². The molecule has 3 aromatic rings. The molecule has 0 bridgehead atoms. The molecular formula is C38H52N6O6. The van der Waals surface area contributed by atoms with Crippen LogP contribution in [-0.2, 0) is 38.7 Å². The first kappa shape index (κ1) is 38.3. The van der Waals surface area contributed by atoms with E-state index in [1.807, 2.05) is 50.2 Å². The summed E-state index contributed by atoms with van der Waals surface area (Å²) in [5.41, 5.74) is 7.93. The molecule has 0 radical (unpaired) electrons. The molecule has 0 saturated heterocycles. The maximum Gasteiger partial charge on any atom is 0.417 e. The van der Waals surface area contributed by atoms with Crippen LogP contribution in [0.25, 0.3) is 0 Å². The Bertz CT molecular complexity index is 1480. The Labute approximate surface area is 294 Å². The second-order valence-corrected chi connectivity index (χ2v) is 13.6. The standard InChI is InChI=1S/C38H52N6O6/c1-27(2)24-40-35(46)23-34(45)32(22-29-15-8-4-9-16-29)42-36(47)33(25-43-20-12-19-41-43)44(38(49)50-26-30-17-10-5-11-18-30)37(48)31(39)21-28-13-6-3-7-14-28/h3,5-7,10-14,17-20,27,29,31-34,45H,4,8-9,15-16,21-26,39H2,1-2H3,(H,40,46)(H,42,47)/t31-,32-,33-,34-/m0/s1. The number of imide groups is 1. The summed E-state index contributed by atoms with van der Waals surface area (Å²) in [6.07, 6.45) is 6.38. The summed E-state index contributed by atoms with van der Waals surface area (Å²) < 4.78 is 7.08.